The van der Waals surface area contributed by atoms with Crippen molar-refractivity contribution in [3.63, 3.8) is 0 Å². The van der Waals surface area contributed by atoms with Crippen molar-refractivity contribution in [1.29, 1.82) is 0 Å². The molecule has 0 bridgehead atoms. The molecule has 1 atom stereocenters. The van der Waals surface area contributed by atoms with E-state index in [1.807, 2.05) is 0 Å². The first-order valence-corrected chi connectivity index (χ1v) is 2.56. The van der Waals surface area contributed by atoms with Gasteiger partial charge in [0, 0.05) is 6.92 Å². The van der Waals surface area contributed by atoms with Gasteiger partial charge >= 0.3 is 5.97 Å². The standard InChI is InChI=1S/C6H8O4/c1-3-6(9,4-7)10-5(2)8/h3-4,9H,1H2,2H3. The van der Waals surface area contributed by atoms with Gasteiger partial charge in [-0.3, -0.25) is 9.59 Å². The Morgan fingerprint density at radius 3 is 2.40 bits per heavy atom. The van der Waals surface area contributed by atoms with Crippen molar-refractivity contribution in [3.05, 3.63) is 12.7 Å². The summed E-state index contributed by atoms with van der Waals surface area (Å²) in [5, 5.41) is 8.87. The minimum atomic E-state index is -2.16. The number of carbonyl (C=O) groups is 2. The van der Waals surface area contributed by atoms with Gasteiger partial charge in [-0.05, 0) is 6.08 Å². The smallest absolute Gasteiger partial charge is 0.305 e. The van der Waals surface area contributed by atoms with E-state index in [1.165, 1.54) is 0 Å². The summed E-state index contributed by atoms with van der Waals surface area (Å²) >= 11 is 0. The Kier molecular flexibility index (Phi) is 2.76. The molecular formula is C6H8O4. The molecule has 0 aliphatic carbocycles. The fraction of sp³-hybridized carbons (Fsp3) is 0.333. The van der Waals surface area contributed by atoms with Crippen LogP contribution in [0.25, 0.3) is 0 Å². The molecule has 0 amide bonds. The maximum Gasteiger partial charge on any atom is 0.305 e. The fourth-order valence-electron chi connectivity index (χ4n) is 0.344. The van der Waals surface area contributed by atoms with E-state index in [1.54, 1.807) is 0 Å². The van der Waals surface area contributed by atoms with Gasteiger partial charge in [0.15, 0.2) is 6.29 Å². The Hall–Kier alpha value is -1.16. The molecule has 0 aliphatic rings. The summed E-state index contributed by atoms with van der Waals surface area (Å²) < 4.78 is 4.17. The number of ether oxygens (including phenoxy) is 1. The zero-order chi connectivity index (χ0) is 8.20. The lowest BCUT2D eigenvalue weighted by atomic mass is 10.3. The van der Waals surface area contributed by atoms with Crippen LogP contribution in [0.1, 0.15) is 6.92 Å². The molecule has 0 aromatic rings. The maximum atomic E-state index is 10.2. The highest BCUT2D eigenvalue weighted by Crippen LogP contribution is 2.03. The van der Waals surface area contributed by atoms with Crippen molar-refractivity contribution in [1.82, 2.24) is 0 Å². The third kappa shape index (κ3) is 2.41. The third-order valence-corrected chi connectivity index (χ3v) is 0.769. The third-order valence-electron chi connectivity index (χ3n) is 0.769. The minimum Gasteiger partial charge on any atom is -0.422 e. The van der Waals surface area contributed by atoms with Gasteiger partial charge in [-0.15, -0.1) is 0 Å². The van der Waals surface area contributed by atoms with Crippen molar-refractivity contribution < 1.29 is 19.4 Å². The van der Waals surface area contributed by atoms with E-state index in [4.69, 9.17) is 5.11 Å². The van der Waals surface area contributed by atoms with Crippen LogP contribution in [-0.2, 0) is 14.3 Å². The number of rotatable bonds is 3. The van der Waals surface area contributed by atoms with Crippen molar-refractivity contribution >= 4 is 12.3 Å². The van der Waals surface area contributed by atoms with Gasteiger partial charge in [-0.25, -0.2) is 0 Å². The number of hydrogen-bond donors (Lipinski definition) is 1. The second-order valence-electron chi connectivity index (χ2n) is 1.67. The summed E-state index contributed by atoms with van der Waals surface area (Å²) in [4.78, 5) is 20.2. The minimum absolute atomic E-state index is 0.0847. The lowest BCUT2D eigenvalue weighted by Crippen LogP contribution is -2.33. The molecule has 1 unspecified atom stereocenters. The van der Waals surface area contributed by atoms with Gasteiger partial charge in [0.25, 0.3) is 5.79 Å². The fourth-order valence-corrected chi connectivity index (χ4v) is 0.344. The summed E-state index contributed by atoms with van der Waals surface area (Å²) in [6, 6.07) is 0. The quantitative estimate of drug-likeness (QED) is 0.254. The van der Waals surface area contributed by atoms with Crippen molar-refractivity contribution in [2.75, 3.05) is 0 Å². The van der Waals surface area contributed by atoms with Crippen LogP contribution < -0.4 is 0 Å². The largest absolute Gasteiger partial charge is 0.422 e. The first-order valence-electron chi connectivity index (χ1n) is 2.56. The number of aldehydes is 1. The number of carbonyl (C=O) groups excluding carboxylic acids is 2. The normalized spacial score (nSPS) is 15.0. The first-order chi connectivity index (χ1) is 4.54. The Morgan fingerprint density at radius 1 is 1.80 bits per heavy atom. The molecule has 4 heteroatoms. The average Bonchev–Trinajstić information content (AvgIpc) is 1.87. The van der Waals surface area contributed by atoms with E-state index in [9.17, 15) is 9.59 Å². The van der Waals surface area contributed by atoms with Gasteiger partial charge in [0.1, 0.15) is 0 Å². The highest BCUT2D eigenvalue weighted by molar-refractivity contribution is 5.72. The molecule has 0 rings (SSSR count). The monoisotopic (exact) mass is 144 g/mol. The van der Waals surface area contributed by atoms with Crippen LogP contribution in [0.5, 0.6) is 0 Å². The summed E-state index contributed by atoms with van der Waals surface area (Å²) in [6.07, 6.45) is 0.919. The van der Waals surface area contributed by atoms with Crippen LogP contribution in [0.2, 0.25) is 0 Å². The molecular weight excluding hydrogens is 136 g/mol. The second kappa shape index (κ2) is 3.12. The van der Waals surface area contributed by atoms with Gasteiger partial charge in [-0.2, -0.15) is 0 Å². The van der Waals surface area contributed by atoms with Crippen LogP contribution in [0.3, 0.4) is 0 Å². The lowest BCUT2D eigenvalue weighted by Gasteiger charge is -2.15. The number of aliphatic hydroxyl groups is 1. The molecule has 0 saturated heterocycles. The van der Waals surface area contributed by atoms with Gasteiger partial charge in [-0.1, -0.05) is 6.58 Å². The van der Waals surface area contributed by atoms with Crippen LogP contribution in [0.15, 0.2) is 12.7 Å². The topological polar surface area (TPSA) is 63.6 Å². The highest BCUT2D eigenvalue weighted by Gasteiger charge is 2.24. The van der Waals surface area contributed by atoms with E-state index in [0.717, 1.165) is 13.0 Å². The van der Waals surface area contributed by atoms with Crippen molar-refractivity contribution in [2.24, 2.45) is 0 Å². The van der Waals surface area contributed by atoms with Crippen LogP contribution in [0, 0.1) is 0 Å². The zero-order valence-electron chi connectivity index (χ0n) is 5.53. The van der Waals surface area contributed by atoms with Gasteiger partial charge in [0.2, 0.25) is 0 Å². The molecule has 10 heavy (non-hydrogen) atoms. The molecule has 0 radical (unpaired) electrons. The number of hydrogen-bond acceptors (Lipinski definition) is 4. The Labute approximate surface area is 58.1 Å². The highest BCUT2D eigenvalue weighted by atomic mass is 16.7. The molecule has 0 fully saturated rings. The second-order valence-corrected chi connectivity index (χ2v) is 1.67. The summed E-state index contributed by atoms with van der Waals surface area (Å²) in [5.74, 6) is -2.90. The maximum absolute atomic E-state index is 10.2. The molecule has 4 nitrogen and oxygen atoms in total. The van der Waals surface area contributed by atoms with E-state index in [0.29, 0.717) is 0 Å². The molecule has 0 heterocycles. The van der Waals surface area contributed by atoms with Gasteiger partial charge < -0.3 is 9.84 Å². The van der Waals surface area contributed by atoms with Crippen LogP contribution >= 0.6 is 0 Å². The van der Waals surface area contributed by atoms with Gasteiger partial charge in [0.05, 0.1) is 0 Å². The Balaban J connectivity index is 4.19. The molecule has 0 spiro atoms. The molecule has 0 aromatic heterocycles. The predicted molar refractivity (Wildman–Crippen MR) is 33.0 cm³/mol. The van der Waals surface area contributed by atoms with E-state index in [-0.39, 0.29) is 6.29 Å². The SMILES string of the molecule is C=CC(O)(C=O)OC(C)=O. The van der Waals surface area contributed by atoms with E-state index < -0.39 is 11.8 Å². The van der Waals surface area contributed by atoms with E-state index >= 15 is 0 Å². The molecule has 56 valence electrons. The summed E-state index contributed by atoms with van der Waals surface area (Å²) in [7, 11) is 0. The van der Waals surface area contributed by atoms with E-state index in [2.05, 4.69) is 11.3 Å². The molecule has 1 N–H and O–H groups in total. The first kappa shape index (κ1) is 8.84. The average molecular weight is 144 g/mol. The molecule has 0 aromatic carbocycles. The predicted octanol–water partition coefficient (Wildman–Crippen LogP) is -0.377. The van der Waals surface area contributed by atoms with Crippen LogP contribution in [-0.4, -0.2) is 23.1 Å². The lowest BCUT2D eigenvalue weighted by molar-refractivity contribution is -0.186. The van der Waals surface area contributed by atoms with Crippen molar-refractivity contribution in [3.8, 4) is 0 Å². The zero-order valence-corrected chi connectivity index (χ0v) is 5.53. The Bertz CT molecular complexity index is 153. The summed E-state index contributed by atoms with van der Waals surface area (Å²) in [5.41, 5.74) is 0. The number of esters is 1. The molecule has 0 aliphatic heterocycles. The van der Waals surface area contributed by atoms with Crippen molar-refractivity contribution in [2.45, 2.75) is 12.7 Å². The van der Waals surface area contributed by atoms with Crippen LogP contribution in [0.4, 0.5) is 0 Å². The Morgan fingerprint density at radius 2 is 2.30 bits per heavy atom. The molecule has 0 saturated carbocycles. The summed E-state index contributed by atoms with van der Waals surface area (Å²) in [6.45, 7) is 4.18.